The zero-order valence-corrected chi connectivity index (χ0v) is 19.9. The number of hydrogen-bond acceptors (Lipinski definition) is 3. The Hall–Kier alpha value is -2.38. The van der Waals surface area contributed by atoms with Gasteiger partial charge < -0.3 is 10.2 Å². The molecule has 1 aliphatic heterocycles. The Morgan fingerprint density at radius 2 is 1.70 bits per heavy atom. The fraction of sp³-hybridized carbons (Fsp3) is 0.500. The number of anilines is 1. The van der Waals surface area contributed by atoms with E-state index in [1.807, 2.05) is 24.9 Å². The lowest BCUT2D eigenvalue weighted by Gasteiger charge is -2.33. The predicted octanol–water partition coefficient (Wildman–Crippen LogP) is 5.60. The lowest BCUT2D eigenvalue weighted by Crippen LogP contribution is -2.44. The molecular weight excluding hydrogens is 427 g/mol. The van der Waals surface area contributed by atoms with Gasteiger partial charge in [0, 0.05) is 44.0 Å². The monoisotopic (exact) mass is 461 g/mol. The number of piperazine rings is 1. The average molecular weight is 462 g/mol. The Bertz CT molecular complexity index is 964. The molecule has 1 aliphatic rings. The van der Waals surface area contributed by atoms with Crippen molar-refractivity contribution in [3.63, 3.8) is 0 Å². The number of aryl methyl sites for hydroxylation is 2. The van der Waals surface area contributed by atoms with Crippen molar-refractivity contribution in [1.82, 2.24) is 9.80 Å². The van der Waals surface area contributed by atoms with E-state index < -0.39 is 17.6 Å². The van der Waals surface area contributed by atoms with Crippen LogP contribution < -0.4 is 5.32 Å². The molecule has 0 bridgehead atoms. The van der Waals surface area contributed by atoms with Crippen LogP contribution in [-0.2, 0) is 19.1 Å². The van der Waals surface area contributed by atoms with E-state index in [-0.39, 0.29) is 17.8 Å². The van der Waals surface area contributed by atoms with Crippen molar-refractivity contribution in [3.05, 3.63) is 64.2 Å². The van der Waals surface area contributed by atoms with Crippen LogP contribution in [0.3, 0.4) is 0 Å². The minimum Gasteiger partial charge on any atom is -0.322 e. The molecule has 0 saturated carbocycles. The highest BCUT2D eigenvalue weighted by molar-refractivity contribution is 6.04. The maximum absolute atomic E-state index is 13.8. The lowest BCUT2D eigenvalue weighted by molar-refractivity contribution is -0.138. The molecule has 1 heterocycles. The van der Waals surface area contributed by atoms with Crippen LogP contribution in [0.5, 0.6) is 0 Å². The van der Waals surface area contributed by atoms with Gasteiger partial charge in [0.25, 0.3) is 5.91 Å². The van der Waals surface area contributed by atoms with Gasteiger partial charge >= 0.3 is 6.18 Å². The average Bonchev–Trinajstić information content (AvgIpc) is 2.74. The zero-order chi connectivity index (χ0) is 24.2. The predicted molar refractivity (Wildman–Crippen MR) is 127 cm³/mol. The first-order chi connectivity index (χ1) is 15.5. The zero-order valence-electron chi connectivity index (χ0n) is 19.9. The topological polar surface area (TPSA) is 35.6 Å². The molecule has 3 rings (SSSR count). The van der Waals surface area contributed by atoms with Gasteiger partial charge in [0.15, 0.2) is 0 Å². The summed E-state index contributed by atoms with van der Waals surface area (Å²) in [5.41, 5.74) is 2.33. The van der Waals surface area contributed by atoms with Crippen molar-refractivity contribution < 1.29 is 18.0 Å². The van der Waals surface area contributed by atoms with E-state index in [4.69, 9.17) is 0 Å². The van der Waals surface area contributed by atoms with Gasteiger partial charge in [0.2, 0.25) is 0 Å². The van der Waals surface area contributed by atoms with Crippen LogP contribution in [0.4, 0.5) is 18.9 Å². The van der Waals surface area contributed by atoms with Crippen molar-refractivity contribution in [2.24, 2.45) is 5.92 Å². The number of halogens is 3. The van der Waals surface area contributed by atoms with Gasteiger partial charge in [-0.25, -0.2) is 0 Å². The van der Waals surface area contributed by atoms with E-state index in [0.29, 0.717) is 11.5 Å². The summed E-state index contributed by atoms with van der Waals surface area (Å²) in [5.74, 6) is 0.183. The van der Waals surface area contributed by atoms with E-state index in [1.54, 1.807) is 18.2 Å². The molecule has 1 fully saturated rings. The summed E-state index contributed by atoms with van der Waals surface area (Å²) in [6.45, 7) is 9.69. The van der Waals surface area contributed by atoms with E-state index in [0.717, 1.165) is 50.7 Å². The molecule has 0 aromatic heterocycles. The number of nitrogens with one attached hydrogen (secondary N) is 1. The maximum atomic E-state index is 13.8. The first-order valence-corrected chi connectivity index (χ1v) is 11.5. The number of alkyl halides is 3. The number of carbonyl (C=O) groups excluding carboxylic acids is 1. The summed E-state index contributed by atoms with van der Waals surface area (Å²) in [7, 11) is 2.01. The molecule has 0 radical (unpaired) electrons. The summed E-state index contributed by atoms with van der Waals surface area (Å²) in [5, 5.41) is 2.65. The van der Waals surface area contributed by atoms with E-state index in [2.05, 4.69) is 24.1 Å². The SMILES string of the molecule is Cc1cc(C(=O)Nc2ccc(CN3CCN(C)CC3)c(C(F)(F)F)c2)ccc1CCC(C)C. The summed E-state index contributed by atoms with van der Waals surface area (Å²) in [4.78, 5) is 16.9. The molecule has 0 atom stereocenters. The molecule has 1 N–H and O–H groups in total. The molecule has 33 heavy (non-hydrogen) atoms. The Balaban J connectivity index is 1.74. The second-order valence-corrected chi connectivity index (χ2v) is 9.48. The summed E-state index contributed by atoms with van der Waals surface area (Å²) < 4.78 is 41.4. The second-order valence-electron chi connectivity index (χ2n) is 9.48. The number of benzene rings is 2. The highest BCUT2D eigenvalue weighted by Crippen LogP contribution is 2.34. The Morgan fingerprint density at radius 1 is 1.03 bits per heavy atom. The number of rotatable bonds is 7. The van der Waals surface area contributed by atoms with Gasteiger partial charge in [-0.3, -0.25) is 9.69 Å². The van der Waals surface area contributed by atoms with Crippen molar-refractivity contribution in [1.29, 1.82) is 0 Å². The molecule has 7 heteroatoms. The minimum atomic E-state index is -4.49. The molecule has 1 amide bonds. The summed E-state index contributed by atoms with van der Waals surface area (Å²) in [6.07, 6.45) is -2.49. The van der Waals surface area contributed by atoms with E-state index in [1.165, 1.54) is 11.6 Å². The largest absolute Gasteiger partial charge is 0.416 e. The smallest absolute Gasteiger partial charge is 0.322 e. The van der Waals surface area contributed by atoms with Gasteiger partial charge in [-0.1, -0.05) is 26.0 Å². The first-order valence-electron chi connectivity index (χ1n) is 11.5. The molecule has 2 aromatic carbocycles. The molecule has 0 unspecified atom stereocenters. The maximum Gasteiger partial charge on any atom is 0.416 e. The molecule has 1 saturated heterocycles. The Morgan fingerprint density at radius 3 is 2.30 bits per heavy atom. The highest BCUT2D eigenvalue weighted by Gasteiger charge is 2.34. The second kappa shape index (κ2) is 10.7. The molecule has 4 nitrogen and oxygen atoms in total. The van der Waals surface area contributed by atoms with Gasteiger partial charge in [-0.05, 0) is 73.7 Å². The minimum absolute atomic E-state index is 0.149. The van der Waals surface area contributed by atoms with Crippen molar-refractivity contribution >= 4 is 11.6 Å². The Labute approximate surface area is 194 Å². The van der Waals surface area contributed by atoms with Gasteiger partial charge in [0.1, 0.15) is 0 Å². The number of hydrogen-bond donors (Lipinski definition) is 1. The molecule has 180 valence electrons. The van der Waals surface area contributed by atoms with Crippen LogP contribution in [0.15, 0.2) is 36.4 Å². The number of carbonyl (C=O) groups is 1. The number of nitrogens with zero attached hydrogens (tertiary/aromatic N) is 2. The Kier molecular flexibility index (Phi) is 8.19. The van der Waals surface area contributed by atoms with Gasteiger partial charge in [0.05, 0.1) is 5.56 Å². The van der Waals surface area contributed by atoms with Gasteiger partial charge in [-0.2, -0.15) is 13.2 Å². The normalized spacial score (nSPS) is 15.8. The van der Waals surface area contributed by atoms with Gasteiger partial charge in [-0.15, -0.1) is 0 Å². The summed E-state index contributed by atoms with van der Waals surface area (Å²) >= 11 is 0. The molecular formula is C26H34F3N3O. The molecule has 2 aromatic rings. The van der Waals surface area contributed by atoms with Crippen molar-refractivity contribution in [3.8, 4) is 0 Å². The van der Waals surface area contributed by atoms with Crippen LogP contribution in [0.2, 0.25) is 0 Å². The number of amides is 1. The fourth-order valence-electron chi connectivity index (χ4n) is 4.07. The van der Waals surface area contributed by atoms with Crippen LogP contribution in [-0.4, -0.2) is 48.9 Å². The van der Waals surface area contributed by atoms with Crippen LogP contribution in [0, 0.1) is 12.8 Å². The molecule has 0 aliphatic carbocycles. The third-order valence-corrected chi connectivity index (χ3v) is 6.26. The quantitative estimate of drug-likeness (QED) is 0.583. The third-order valence-electron chi connectivity index (χ3n) is 6.26. The third kappa shape index (κ3) is 7.05. The van der Waals surface area contributed by atoms with Crippen LogP contribution in [0.25, 0.3) is 0 Å². The van der Waals surface area contributed by atoms with E-state index in [9.17, 15) is 18.0 Å². The summed E-state index contributed by atoms with van der Waals surface area (Å²) in [6, 6.07) is 9.57. The van der Waals surface area contributed by atoms with Crippen molar-refractivity contribution in [2.75, 3.05) is 38.5 Å². The lowest BCUT2D eigenvalue weighted by atomic mass is 9.97. The number of likely N-dealkylation sites (N-methyl/N-ethyl adjacent to an activating group) is 1. The standard InChI is InChI=1S/C26H34F3N3O/c1-18(2)5-6-20-7-8-21(15-19(20)3)25(33)30-23-10-9-22(24(16-23)26(27,28)29)17-32-13-11-31(4)12-14-32/h7-10,15-16,18H,5-6,11-14,17H2,1-4H3,(H,30,33). The molecule has 0 spiro atoms. The van der Waals surface area contributed by atoms with E-state index >= 15 is 0 Å². The highest BCUT2D eigenvalue weighted by atomic mass is 19.4. The van der Waals surface area contributed by atoms with Crippen LogP contribution in [0.1, 0.15) is 52.9 Å². The first kappa shape index (κ1) is 25.2. The van der Waals surface area contributed by atoms with Crippen LogP contribution >= 0.6 is 0 Å². The van der Waals surface area contributed by atoms with Crippen molar-refractivity contribution in [2.45, 2.75) is 46.3 Å². The fourth-order valence-corrected chi connectivity index (χ4v) is 4.07.